The molecule has 2 aromatic rings. The number of hydrogen-bond acceptors (Lipinski definition) is 3. The van der Waals surface area contributed by atoms with E-state index >= 15 is 0 Å². The molecule has 3 rings (SSSR count). The van der Waals surface area contributed by atoms with Crippen LogP contribution in [0.25, 0.3) is 6.08 Å². The molecule has 0 heterocycles. The van der Waals surface area contributed by atoms with Gasteiger partial charge in [-0.25, -0.2) is 0 Å². The maximum absolute atomic E-state index is 10.1. The predicted octanol–water partition coefficient (Wildman–Crippen LogP) is 3.20. The number of hydrazone groups is 1. The first kappa shape index (κ1) is 12.6. The van der Waals surface area contributed by atoms with E-state index in [0.29, 0.717) is 5.71 Å². The van der Waals surface area contributed by atoms with Crippen LogP contribution in [0.4, 0.5) is 5.69 Å². The van der Waals surface area contributed by atoms with Gasteiger partial charge in [0, 0.05) is 5.56 Å². The van der Waals surface area contributed by atoms with Crippen LogP contribution in [0.5, 0.6) is 0 Å². The molecule has 2 aromatic carbocycles. The number of anilines is 1. The number of rotatable bonds is 2. The van der Waals surface area contributed by atoms with Gasteiger partial charge < -0.3 is 5.11 Å². The first-order valence-corrected chi connectivity index (χ1v) is 6.60. The Morgan fingerprint density at radius 1 is 1.05 bits per heavy atom. The number of aryl methyl sites for hydroxylation is 1. The fraction of sp³-hybridized carbons (Fsp3) is 0.118. The Morgan fingerprint density at radius 3 is 2.60 bits per heavy atom. The van der Waals surface area contributed by atoms with Gasteiger partial charge in [0.25, 0.3) is 0 Å². The molecule has 3 heteroatoms. The highest BCUT2D eigenvalue weighted by Gasteiger charge is 2.18. The van der Waals surface area contributed by atoms with Crippen molar-refractivity contribution in [1.29, 1.82) is 0 Å². The van der Waals surface area contributed by atoms with Crippen molar-refractivity contribution in [1.82, 2.24) is 0 Å². The number of aliphatic hydroxyl groups excluding tert-OH is 1. The minimum Gasteiger partial charge on any atom is -0.383 e. The number of aliphatic hydroxyl groups is 1. The monoisotopic (exact) mass is 264 g/mol. The van der Waals surface area contributed by atoms with Crippen LogP contribution in [0.2, 0.25) is 0 Å². The molecule has 2 N–H and O–H groups in total. The molecule has 100 valence electrons. The van der Waals surface area contributed by atoms with Gasteiger partial charge in [0.05, 0.1) is 5.69 Å². The normalized spacial score (nSPS) is 18.9. The molecule has 0 bridgehead atoms. The Hall–Kier alpha value is -2.39. The summed E-state index contributed by atoms with van der Waals surface area (Å²) in [4.78, 5) is 0. The van der Waals surface area contributed by atoms with Crippen molar-refractivity contribution in [3.8, 4) is 0 Å². The van der Waals surface area contributed by atoms with Gasteiger partial charge in [-0.05, 0) is 30.7 Å². The maximum Gasteiger partial charge on any atom is 0.117 e. The van der Waals surface area contributed by atoms with Gasteiger partial charge in [0.15, 0.2) is 0 Å². The standard InChI is InChI=1S/C17H16N2O/c1-12-6-9-14(10-7-12)18-19-17-15-5-3-2-4-13(15)8-11-16(17)20/h2-11,16,18,20H,1H3/b19-17+. The second-order valence-electron chi connectivity index (χ2n) is 4.87. The lowest BCUT2D eigenvalue weighted by molar-refractivity contribution is 0.289. The molecule has 0 spiro atoms. The Bertz CT molecular complexity index is 672. The van der Waals surface area contributed by atoms with E-state index in [-0.39, 0.29) is 0 Å². The fourth-order valence-electron chi connectivity index (χ4n) is 2.20. The van der Waals surface area contributed by atoms with Crippen LogP contribution >= 0.6 is 0 Å². The van der Waals surface area contributed by atoms with Crippen LogP contribution in [-0.4, -0.2) is 16.9 Å². The molecule has 0 radical (unpaired) electrons. The molecule has 0 fully saturated rings. The van der Waals surface area contributed by atoms with Crippen LogP contribution in [-0.2, 0) is 0 Å². The number of fused-ring (bicyclic) bond motifs is 1. The zero-order chi connectivity index (χ0) is 13.9. The molecule has 0 aromatic heterocycles. The van der Waals surface area contributed by atoms with E-state index in [2.05, 4.69) is 10.5 Å². The summed E-state index contributed by atoms with van der Waals surface area (Å²) >= 11 is 0. The third-order valence-electron chi connectivity index (χ3n) is 3.33. The number of nitrogens with zero attached hydrogens (tertiary/aromatic N) is 1. The summed E-state index contributed by atoms with van der Waals surface area (Å²) in [6.45, 7) is 2.04. The molecule has 1 aliphatic rings. The van der Waals surface area contributed by atoms with Gasteiger partial charge in [0.2, 0.25) is 0 Å². The average molecular weight is 264 g/mol. The van der Waals surface area contributed by atoms with E-state index in [0.717, 1.165) is 16.8 Å². The van der Waals surface area contributed by atoms with Crippen molar-refractivity contribution in [2.24, 2.45) is 5.10 Å². The highest BCUT2D eigenvalue weighted by atomic mass is 16.3. The van der Waals surface area contributed by atoms with Gasteiger partial charge in [-0.1, -0.05) is 48.0 Å². The van der Waals surface area contributed by atoms with Crippen molar-refractivity contribution in [2.75, 3.05) is 5.43 Å². The fourth-order valence-corrected chi connectivity index (χ4v) is 2.20. The topological polar surface area (TPSA) is 44.6 Å². The second-order valence-corrected chi connectivity index (χ2v) is 4.87. The molecule has 0 amide bonds. The van der Waals surface area contributed by atoms with E-state index in [9.17, 15) is 5.11 Å². The van der Waals surface area contributed by atoms with E-state index < -0.39 is 6.10 Å². The molecule has 1 atom stereocenters. The Kier molecular flexibility index (Phi) is 3.35. The molecular formula is C17H16N2O. The van der Waals surface area contributed by atoms with Crippen LogP contribution in [0.15, 0.2) is 59.7 Å². The minimum atomic E-state index is -0.678. The largest absolute Gasteiger partial charge is 0.383 e. The van der Waals surface area contributed by atoms with E-state index in [4.69, 9.17) is 0 Å². The third-order valence-corrected chi connectivity index (χ3v) is 3.33. The summed E-state index contributed by atoms with van der Waals surface area (Å²) in [5.41, 5.74) is 7.79. The molecule has 0 saturated carbocycles. The van der Waals surface area contributed by atoms with Crippen molar-refractivity contribution >= 4 is 17.5 Å². The summed E-state index contributed by atoms with van der Waals surface area (Å²) in [5, 5.41) is 14.5. The van der Waals surface area contributed by atoms with E-state index in [1.165, 1.54) is 5.56 Å². The zero-order valence-corrected chi connectivity index (χ0v) is 11.2. The van der Waals surface area contributed by atoms with Crippen molar-refractivity contribution in [2.45, 2.75) is 13.0 Å². The molecular weight excluding hydrogens is 248 g/mol. The maximum atomic E-state index is 10.1. The van der Waals surface area contributed by atoms with E-state index in [1.54, 1.807) is 6.08 Å². The quantitative estimate of drug-likeness (QED) is 0.818. The number of benzene rings is 2. The van der Waals surface area contributed by atoms with Crippen molar-refractivity contribution in [3.63, 3.8) is 0 Å². The second kappa shape index (κ2) is 5.31. The summed E-state index contributed by atoms with van der Waals surface area (Å²) in [6.07, 6.45) is 2.99. The first-order chi connectivity index (χ1) is 9.74. The summed E-state index contributed by atoms with van der Waals surface area (Å²) in [6, 6.07) is 15.9. The molecule has 1 aliphatic carbocycles. The van der Waals surface area contributed by atoms with Crippen LogP contribution < -0.4 is 5.43 Å². The molecule has 3 nitrogen and oxygen atoms in total. The SMILES string of the molecule is Cc1ccc(N/N=C2\c3ccccc3C=CC2O)cc1. The van der Waals surface area contributed by atoms with Gasteiger partial charge in [-0.15, -0.1) is 0 Å². The zero-order valence-electron chi connectivity index (χ0n) is 11.2. The first-order valence-electron chi connectivity index (χ1n) is 6.60. The Morgan fingerprint density at radius 2 is 1.80 bits per heavy atom. The van der Waals surface area contributed by atoms with Gasteiger partial charge >= 0.3 is 0 Å². The van der Waals surface area contributed by atoms with Gasteiger partial charge in [-0.2, -0.15) is 5.10 Å². The molecule has 0 saturated heterocycles. The summed E-state index contributed by atoms with van der Waals surface area (Å²) in [7, 11) is 0. The van der Waals surface area contributed by atoms with Crippen molar-refractivity contribution < 1.29 is 5.11 Å². The lowest BCUT2D eigenvalue weighted by Gasteiger charge is -2.17. The number of nitrogens with one attached hydrogen (secondary N) is 1. The van der Waals surface area contributed by atoms with Crippen LogP contribution in [0.3, 0.4) is 0 Å². The third kappa shape index (κ3) is 2.49. The Labute approximate surface area is 118 Å². The molecule has 1 unspecified atom stereocenters. The lowest BCUT2D eigenvalue weighted by Crippen LogP contribution is -2.24. The number of hydrogen-bond donors (Lipinski definition) is 2. The van der Waals surface area contributed by atoms with Crippen LogP contribution in [0.1, 0.15) is 16.7 Å². The average Bonchev–Trinajstić information content (AvgIpc) is 2.48. The lowest BCUT2D eigenvalue weighted by atomic mass is 9.94. The Balaban J connectivity index is 1.90. The summed E-state index contributed by atoms with van der Waals surface area (Å²) in [5.74, 6) is 0. The van der Waals surface area contributed by atoms with Gasteiger partial charge in [-0.3, -0.25) is 5.43 Å². The predicted molar refractivity (Wildman–Crippen MR) is 82.8 cm³/mol. The minimum absolute atomic E-state index is 0.642. The highest BCUT2D eigenvalue weighted by molar-refractivity contribution is 6.09. The van der Waals surface area contributed by atoms with Gasteiger partial charge in [0.1, 0.15) is 11.8 Å². The van der Waals surface area contributed by atoms with E-state index in [1.807, 2.05) is 61.5 Å². The van der Waals surface area contributed by atoms with Crippen LogP contribution in [0, 0.1) is 6.92 Å². The molecule has 0 aliphatic heterocycles. The van der Waals surface area contributed by atoms with Crippen molar-refractivity contribution in [3.05, 3.63) is 71.3 Å². The summed E-state index contributed by atoms with van der Waals surface area (Å²) < 4.78 is 0. The highest BCUT2D eigenvalue weighted by Crippen LogP contribution is 2.20. The smallest absolute Gasteiger partial charge is 0.117 e. The molecule has 20 heavy (non-hydrogen) atoms.